The number of hydrogen-bond acceptors (Lipinski definition) is 3. The third-order valence-corrected chi connectivity index (χ3v) is 1.98. The van der Waals surface area contributed by atoms with E-state index >= 15 is 0 Å². The van der Waals surface area contributed by atoms with Crippen LogP contribution in [0.2, 0.25) is 0 Å². The fourth-order valence-corrected chi connectivity index (χ4v) is 1.18. The number of benzene rings is 1. The molecule has 1 aromatic carbocycles. The number of carbonyl (C=O) groups is 1. The molecule has 0 heterocycles. The van der Waals surface area contributed by atoms with Gasteiger partial charge in [0.15, 0.2) is 17.6 Å². The summed E-state index contributed by atoms with van der Waals surface area (Å²) in [5.74, 6) is 0.0230. The van der Waals surface area contributed by atoms with E-state index in [0.717, 1.165) is 0 Å². The van der Waals surface area contributed by atoms with Crippen molar-refractivity contribution in [3.8, 4) is 11.5 Å². The van der Waals surface area contributed by atoms with Crippen molar-refractivity contribution in [2.75, 3.05) is 7.11 Å². The van der Waals surface area contributed by atoms with Gasteiger partial charge in [0.05, 0.1) is 7.11 Å². The Labute approximate surface area is 88.4 Å². The van der Waals surface area contributed by atoms with Gasteiger partial charge in [-0.3, -0.25) is 0 Å². The summed E-state index contributed by atoms with van der Waals surface area (Å²) in [7, 11) is 1.52. The molecule has 1 aromatic rings. The molecule has 0 aliphatic carbocycles. The third kappa shape index (κ3) is 2.87. The van der Waals surface area contributed by atoms with E-state index in [1.807, 2.05) is 0 Å². The molecule has 0 amide bonds. The summed E-state index contributed by atoms with van der Waals surface area (Å²) in [6, 6.07) is 6.98. The number of carboxylic acid groups (broad SMARTS) is 1. The maximum atomic E-state index is 10.8. The Morgan fingerprint density at radius 1 is 1.40 bits per heavy atom. The number of para-hydroxylation sites is 2. The van der Waals surface area contributed by atoms with Crippen LogP contribution in [-0.4, -0.2) is 24.3 Å². The highest BCUT2D eigenvalue weighted by Crippen LogP contribution is 2.27. The number of methoxy groups -OCH3 is 1. The van der Waals surface area contributed by atoms with Crippen molar-refractivity contribution in [1.29, 1.82) is 0 Å². The van der Waals surface area contributed by atoms with Gasteiger partial charge in [-0.15, -0.1) is 0 Å². The van der Waals surface area contributed by atoms with Crippen molar-refractivity contribution in [3.63, 3.8) is 0 Å². The maximum Gasteiger partial charge on any atom is 0.344 e. The van der Waals surface area contributed by atoms with Gasteiger partial charge in [0.2, 0.25) is 0 Å². The minimum atomic E-state index is -0.969. The predicted molar refractivity (Wildman–Crippen MR) is 55.3 cm³/mol. The molecule has 0 saturated heterocycles. The van der Waals surface area contributed by atoms with Gasteiger partial charge in [0.1, 0.15) is 0 Å². The van der Waals surface area contributed by atoms with Crippen molar-refractivity contribution >= 4 is 5.97 Å². The molecule has 0 radical (unpaired) electrons. The molecule has 4 nitrogen and oxygen atoms in total. The molecule has 1 rings (SSSR count). The smallest absolute Gasteiger partial charge is 0.344 e. The molecule has 0 bridgehead atoms. The Morgan fingerprint density at radius 3 is 2.47 bits per heavy atom. The normalized spacial score (nSPS) is 11.9. The minimum Gasteiger partial charge on any atom is -0.493 e. The third-order valence-electron chi connectivity index (χ3n) is 1.98. The zero-order valence-electron chi connectivity index (χ0n) is 8.77. The van der Waals surface area contributed by atoms with Crippen molar-refractivity contribution in [3.05, 3.63) is 24.3 Å². The quantitative estimate of drug-likeness (QED) is 0.806. The van der Waals surface area contributed by atoms with Crippen LogP contribution in [0.25, 0.3) is 0 Å². The largest absolute Gasteiger partial charge is 0.493 e. The van der Waals surface area contributed by atoms with Gasteiger partial charge in [0.25, 0.3) is 0 Å². The molecule has 0 aromatic heterocycles. The summed E-state index contributed by atoms with van der Waals surface area (Å²) >= 11 is 0. The average molecular weight is 210 g/mol. The SMILES string of the molecule is CCC(Oc1ccccc1OC)C(=O)O. The molecule has 15 heavy (non-hydrogen) atoms. The summed E-state index contributed by atoms with van der Waals surface area (Å²) in [6.45, 7) is 1.76. The number of ether oxygens (including phenoxy) is 2. The van der Waals surface area contributed by atoms with Gasteiger partial charge in [-0.1, -0.05) is 19.1 Å². The van der Waals surface area contributed by atoms with E-state index in [9.17, 15) is 4.79 Å². The number of aliphatic carboxylic acids is 1. The van der Waals surface area contributed by atoms with Crippen LogP contribution in [0, 0.1) is 0 Å². The zero-order chi connectivity index (χ0) is 11.3. The summed E-state index contributed by atoms with van der Waals surface area (Å²) < 4.78 is 10.4. The summed E-state index contributed by atoms with van der Waals surface area (Å²) in [4.78, 5) is 10.8. The molecule has 0 aliphatic rings. The van der Waals surface area contributed by atoms with Crippen LogP contribution >= 0.6 is 0 Å². The van der Waals surface area contributed by atoms with Crippen LogP contribution in [-0.2, 0) is 4.79 Å². The van der Waals surface area contributed by atoms with Gasteiger partial charge >= 0.3 is 5.97 Å². The summed E-state index contributed by atoms with van der Waals surface area (Å²) in [6.07, 6.45) is -0.422. The highest BCUT2D eigenvalue weighted by atomic mass is 16.5. The molecular weight excluding hydrogens is 196 g/mol. The molecule has 1 atom stereocenters. The summed E-state index contributed by atoms with van der Waals surface area (Å²) in [5.41, 5.74) is 0. The van der Waals surface area contributed by atoms with E-state index in [0.29, 0.717) is 17.9 Å². The standard InChI is InChI=1S/C11H14O4/c1-3-8(11(12)13)15-10-7-5-4-6-9(10)14-2/h4-8H,3H2,1-2H3,(H,12,13). The first kappa shape index (κ1) is 11.4. The van der Waals surface area contributed by atoms with Crippen LogP contribution in [0.1, 0.15) is 13.3 Å². The maximum absolute atomic E-state index is 10.8. The second-order valence-electron chi connectivity index (χ2n) is 3.00. The van der Waals surface area contributed by atoms with E-state index in [1.54, 1.807) is 31.2 Å². The van der Waals surface area contributed by atoms with Gasteiger partial charge in [-0.05, 0) is 18.6 Å². The van der Waals surface area contributed by atoms with Crippen molar-refractivity contribution in [2.45, 2.75) is 19.4 Å². The lowest BCUT2D eigenvalue weighted by atomic mass is 10.2. The molecule has 1 N–H and O–H groups in total. The van der Waals surface area contributed by atoms with Crippen LogP contribution < -0.4 is 9.47 Å². The molecule has 82 valence electrons. The lowest BCUT2D eigenvalue weighted by Crippen LogP contribution is -2.26. The Bertz CT molecular complexity index is 335. The Hall–Kier alpha value is -1.71. The Balaban J connectivity index is 2.82. The lowest BCUT2D eigenvalue weighted by molar-refractivity contribution is -0.145. The second-order valence-corrected chi connectivity index (χ2v) is 3.00. The molecule has 1 unspecified atom stereocenters. The molecule has 0 aliphatic heterocycles. The van der Waals surface area contributed by atoms with Crippen LogP contribution in [0.4, 0.5) is 0 Å². The highest BCUT2D eigenvalue weighted by molar-refractivity contribution is 5.72. The van der Waals surface area contributed by atoms with Crippen molar-refractivity contribution in [1.82, 2.24) is 0 Å². The van der Waals surface area contributed by atoms with E-state index in [4.69, 9.17) is 14.6 Å². The highest BCUT2D eigenvalue weighted by Gasteiger charge is 2.18. The number of rotatable bonds is 5. The molecular formula is C11H14O4. The molecule has 0 spiro atoms. The molecule has 4 heteroatoms. The van der Waals surface area contributed by atoms with Gasteiger partial charge in [0, 0.05) is 0 Å². The number of carboxylic acids is 1. The van der Waals surface area contributed by atoms with Crippen molar-refractivity contribution in [2.24, 2.45) is 0 Å². The van der Waals surface area contributed by atoms with E-state index in [2.05, 4.69) is 0 Å². The fourth-order valence-electron chi connectivity index (χ4n) is 1.18. The lowest BCUT2D eigenvalue weighted by Gasteiger charge is -2.15. The Kier molecular flexibility index (Phi) is 3.97. The average Bonchev–Trinajstić information content (AvgIpc) is 2.25. The fraction of sp³-hybridized carbons (Fsp3) is 0.364. The monoisotopic (exact) mass is 210 g/mol. The van der Waals surface area contributed by atoms with Gasteiger partial charge in [-0.25, -0.2) is 4.79 Å². The van der Waals surface area contributed by atoms with E-state index < -0.39 is 12.1 Å². The second kappa shape index (κ2) is 5.24. The van der Waals surface area contributed by atoms with E-state index in [1.165, 1.54) is 7.11 Å². The van der Waals surface area contributed by atoms with Crippen LogP contribution in [0.5, 0.6) is 11.5 Å². The van der Waals surface area contributed by atoms with Crippen molar-refractivity contribution < 1.29 is 19.4 Å². The molecule has 0 fully saturated rings. The Morgan fingerprint density at radius 2 is 2.00 bits per heavy atom. The topological polar surface area (TPSA) is 55.8 Å². The predicted octanol–water partition coefficient (Wildman–Crippen LogP) is 1.94. The van der Waals surface area contributed by atoms with Crippen LogP contribution in [0.3, 0.4) is 0 Å². The van der Waals surface area contributed by atoms with Crippen LogP contribution in [0.15, 0.2) is 24.3 Å². The summed E-state index contributed by atoms with van der Waals surface area (Å²) in [5, 5.41) is 8.83. The first-order chi connectivity index (χ1) is 7.19. The molecule has 0 saturated carbocycles. The first-order valence-corrected chi connectivity index (χ1v) is 4.71. The minimum absolute atomic E-state index is 0.410. The zero-order valence-corrected chi connectivity index (χ0v) is 8.77. The number of hydrogen-bond donors (Lipinski definition) is 1. The van der Waals surface area contributed by atoms with E-state index in [-0.39, 0.29) is 0 Å². The first-order valence-electron chi connectivity index (χ1n) is 4.71. The van der Waals surface area contributed by atoms with Gasteiger partial charge < -0.3 is 14.6 Å². The van der Waals surface area contributed by atoms with Gasteiger partial charge in [-0.2, -0.15) is 0 Å².